The van der Waals surface area contributed by atoms with Crippen LogP contribution in [0.25, 0.3) is 0 Å². The van der Waals surface area contributed by atoms with E-state index in [0.717, 1.165) is 12.8 Å². The van der Waals surface area contributed by atoms with Gasteiger partial charge in [-0.15, -0.1) is 0 Å². The van der Waals surface area contributed by atoms with Crippen molar-refractivity contribution in [2.45, 2.75) is 51.8 Å². The van der Waals surface area contributed by atoms with Gasteiger partial charge in [0.1, 0.15) is 11.9 Å². The minimum Gasteiger partial charge on any atom is -0.383 e. The van der Waals surface area contributed by atoms with E-state index in [-0.39, 0.29) is 18.4 Å². The van der Waals surface area contributed by atoms with E-state index in [9.17, 15) is 23.9 Å². The van der Waals surface area contributed by atoms with Crippen molar-refractivity contribution in [3.8, 4) is 0 Å². The number of benzodiazepines with no additional fused rings is 1. The molecule has 4 rings (SSSR count). The predicted octanol–water partition coefficient (Wildman–Crippen LogP) is 2.78. The van der Waals surface area contributed by atoms with Crippen molar-refractivity contribution in [2.75, 3.05) is 18.5 Å². The molecule has 0 aromatic heterocycles. The highest BCUT2D eigenvalue weighted by Crippen LogP contribution is 2.38. The largest absolute Gasteiger partial charge is 0.383 e. The van der Waals surface area contributed by atoms with Gasteiger partial charge in [0.05, 0.1) is 16.8 Å². The zero-order valence-electron chi connectivity index (χ0n) is 21.3. The Bertz CT molecular complexity index is 1210. The lowest BCUT2D eigenvalue weighted by Crippen LogP contribution is -2.54. The number of fused-ring (bicyclic) bond motifs is 1. The first-order valence-electron chi connectivity index (χ1n) is 12.6. The van der Waals surface area contributed by atoms with E-state index in [1.807, 2.05) is 30.3 Å². The van der Waals surface area contributed by atoms with Gasteiger partial charge in [0, 0.05) is 24.7 Å². The summed E-state index contributed by atoms with van der Waals surface area (Å²) in [7, 11) is 1.57. The lowest BCUT2D eigenvalue weighted by Gasteiger charge is -2.30. The number of halogens is 1. The summed E-state index contributed by atoms with van der Waals surface area (Å²) in [6.07, 6.45) is 0.270. The Balaban J connectivity index is 1.65. The number of nitrogens with zero attached hydrogens (tertiary/aromatic N) is 2. The van der Waals surface area contributed by atoms with Crippen LogP contribution >= 0.6 is 0 Å². The van der Waals surface area contributed by atoms with Gasteiger partial charge < -0.3 is 20.6 Å². The number of hydrogen-bond acceptors (Lipinski definition) is 5. The molecule has 1 heterocycles. The molecule has 1 fully saturated rings. The summed E-state index contributed by atoms with van der Waals surface area (Å²) in [5.41, 5.74) is 1.09. The molecule has 2 atom stereocenters. The summed E-state index contributed by atoms with van der Waals surface area (Å²) < 4.78 is 14.3. The number of hydrogen-bond donors (Lipinski definition) is 3. The zero-order valence-corrected chi connectivity index (χ0v) is 21.3. The molecule has 3 amide bonds. The third-order valence-corrected chi connectivity index (χ3v) is 7.26. The molecule has 1 saturated carbocycles. The van der Waals surface area contributed by atoms with Crippen LogP contribution in [0.5, 0.6) is 0 Å². The van der Waals surface area contributed by atoms with Crippen molar-refractivity contribution < 1.29 is 23.9 Å². The van der Waals surface area contributed by atoms with E-state index in [4.69, 9.17) is 0 Å². The molecule has 0 spiro atoms. The van der Waals surface area contributed by atoms with Gasteiger partial charge in [0.2, 0.25) is 18.0 Å². The molecule has 2 aliphatic rings. The van der Waals surface area contributed by atoms with Gasteiger partial charge in [-0.2, -0.15) is 0 Å². The van der Waals surface area contributed by atoms with Crippen LogP contribution in [0.3, 0.4) is 0 Å². The summed E-state index contributed by atoms with van der Waals surface area (Å²) in [6, 6.07) is 13.3. The summed E-state index contributed by atoms with van der Waals surface area (Å²) in [4.78, 5) is 45.5. The normalized spacial score (nSPS) is 19.6. The molecule has 37 heavy (non-hydrogen) atoms. The quantitative estimate of drug-likeness (QED) is 0.534. The van der Waals surface area contributed by atoms with Crippen LogP contribution in [0, 0.1) is 17.2 Å². The first-order valence-corrected chi connectivity index (χ1v) is 12.6. The monoisotopic (exact) mass is 508 g/mol. The Morgan fingerprint density at radius 3 is 2.49 bits per heavy atom. The topological polar surface area (TPSA) is 111 Å². The standard InChI is InChI=1S/C28H33FN4O4/c1-17(2)23(34)25(35)30-16-28(13-7-8-14-28)27(37)32-24-26(36)33(3)21-12-11-19(29)15-20(21)22(31-24)18-9-5-4-6-10-18/h4-6,9-12,15,17,23-24,34H,7-8,13-14,16H2,1-3H3,(H,30,35)(H,32,37)/t23-,24?/m0/s1. The second-order valence-corrected chi connectivity index (χ2v) is 10.2. The predicted molar refractivity (Wildman–Crippen MR) is 139 cm³/mol. The minimum atomic E-state index is -1.24. The van der Waals surface area contributed by atoms with Gasteiger partial charge in [-0.3, -0.25) is 14.4 Å². The fourth-order valence-corrected chi connectivity index (χ4v) is 4.94. The fraction of sp³-hybridized carbons (Fsp3) is 0.429. The van der Waals surface area contributed by atoms with Gasteiger partial charge in [-0.05, 0) is 37.0 Å². The molecule has 1 unspecified atom stereocenters. The first kappa shape index (κ1) is 26.5. The number of anilines is 1. The van der Waals surface area contributed by atoms with E-state index in [2.05, 4.69) is 15.6 Å². The van der Waals surface area contributed by atoms with Crippen LogP contribution < -0.4 is 15.5 Å². The van der Waals surface area contributed by atoms with E-state index in [0.29, 0.717) is 35.4 Å². The summed E-state index contributed by atoms with van der Waals surface area (Å²) in [5.74, 6) is -2.09. The summed E-state index contributed by atoms with van der Waals surface area (Å²) in [6.45, 7) is 3.53. The number of carbonyl (C=O) groups is 3. The maximum atomic E-state index is 14.3. The SMILES string of the molecule is CC(C)[C@H](O)C(=O)NCC1(C(=O)NC2N=C(c3ccccc3)c3cc(F)ccc3N(C)C2=O)CCCC1. The van der Waals surface area contributed by atoms with Crippen molar-refractivity contribution >= 4 is 29.1 Å². The molecule has 2 aromatic rings. The highest BCUT2D eigenvalue weighted by atomic mass is 19.1. The first-order chi connectivity index (χ1) is 17.6. The van der Waals surface area contributed by atoms with Crippen LogP contribution in [-0.4, -0.2) is 54.4 Å². The van der Waals surface area contributed by atoms with Gasteiger partial charge >= 0.3 is 0 Å². The van der Waals surface area contributed by atoms with Crippen LogP contribution in [-0.2, 0) is 14.4 Å². The smallest absolute Gasteiger partial charge is 0.272 e. The second-order valence-electron chi connectivity index (χ2n) is 10.2. The maximum Gasteiger partial charge on any atom is 0.272 e. The maximum absolute atomic E-state index is 14.3. The molecule has 9 heteroatoms. The van der Waals surface area contributed by atoms with Gasteiger partial charge in [0.15, 0.2) is 0 Å². The molecule has 2 aromatic carbocycles. The fourth-order valence-electron chi connectivity index (χ4n) is 4.94. The summed E-state index contributed by atoms with van der Waals surface area (Å²) >= 11 is 0. The Hall–Kier alpha value is -3.59. The third-order valence-electron chi connectivity index (χ3n) is 7.26. The molecule has 8 nitrogen and oxygen atoms in total. The molecule has 3 N–H and O–H groups in total. The number of aliphatic imine (C=N–C) groups is 1. The molecule has 0 saturated heterocycles. The van der Waals surface area contributed by atoms with Crippen LogP contribution in [0.2, 0.25) is 0 Å². The highest BCUT2D eigenvalue weighted by molar-refractivity contribution is 6.20. The lowest BCUT2D eigenvalue weighted by molar-refractivity contribution is -0.136. The second kappa shape index (κ2) is 10.8. The lowest BCUT2D eigenvalue weighted by atomic mass is 9.84. The van der Waals surface area contributed by atoms with Gasteiger partial charge in [0.25, 0.3) is 5.91 Å². The van der Waals surface area contributed by atoms with Crippen molar-refractivity contribution in [1.82, 2.24) is 10.6 Å². The zero-order chi connectivity index (χ0) is 26.7. The number of carbonyl (C=O) groups excluding carboxylic acids is 3. The number of rotatable bonds is 7. The van der Waals surface area contributed by atoms with Crippen molar-refractivity contribution in [2.24, 2.45) is 16.3 Å². The number of nitrogens with one attached hydrogen (secondary N) is 2. The van der Waals surface area contributed by atoms with E-state index < -0.39 is 35.3 Å². The Labute approximate surface area is 216 Å². The molecular formula is C28H33FN4O4. The number of likely N-dealkylation sites (N-methyl/N-ethyl adjacent to an activating group) is 1. The minimum absolute atomic E-state index is 0.0545. The average molecular weight is 509 g/mol. The number of amides is 3. The van der Waals surface area contributed by atoms with Gasteiger partial charge in [-0.1, -0.05) is 57.0 Å². The van der Waals surface area contributed by atoms with Gasteiger partial charge in [-0.25, -0.2) is 9.38 Å². The molecule has 0 radical (unpaired) electrons. The van der Waals surface area contributed by atoms with Crippen molar-refractivity contribution in [3.05, 3.63) is 65.5 Å². The summed E-state index contributed by atoms with van der Waals surface area (Å²) in [5, 5.41) is 15.6. The number of aliphatic hydroxyl groups excluding tert-OH is 1. The molecule has 0 bridgehead atoms. The van der Waals surface area contributed by atoms with Crippen LogP contribution in [0.1, 0.15) is 50.7 Å². The van der Waals surface area contributed by atoms with Crippen molar-refractivity contribution in [1.29, 1.82) is 0 Å². The van der Waals surface area contributed by atoms with Crippen LogP contribution in [0.4, 0.5) is 10.1 Å². The Morgan fingerprint density at radius 2 is 1.84 bits per heavy atom. The average Bonchev–Trinajstić information content (AvgIpc) is 3.35. The molecular weight excluding hydrogens is 475 g/mol. The third kappa shape index (κ3) is 5.41. The number of benzene rings is 2. The van der Waals surface area contributed by atoms with E-state index in [1.165, 1.54) is 23.1 Å². The molecule has 196 valence electrons. The van der Waals surface area contributed by atoms with E-state index in [1.54, 1.807) is 20.9 Å². The molecule has 1 aliphatic heterocycles. The Morgan fingerprint density at radius 1 is 1.16 bits per heavy atom. The van der Waals surface area contributed by atoms with E-state index >= 15 is 0 Å². The van der Waals surface area contributed by atoms with Crippen LogP contribution in [0.15, 0.2) is 53.5 Å². The number of aliphatic hydroxyl groups is 1. The van der Waals surface area contributed by atoms with Crippen molar-refractivity contribution in [3.63, 3.8) is 0 Å². The Kier molecular flexibility index (Phi) is 7.73. The molecule has 1 aliphatic carbocycles. The highest BCUT2D eigenvalue weighted by Gasteiger charge is 2.44.